The highest BCUT2D eigenvalue weighted by Crippen LogP contribution is 2.00. The van der Waals surface area contributed by atoms with E-state index in [2.05, 4.69) is 9.46 Å². The van der Waals surface area contributed by atoms with Gasteiger partial charge in [-0.1, -0.05) is 0 Å². The van der Waals surface area contributed by atoms with Crippen molar-refractivity contribution in [2.75, 3.05) is 26.5 Å². The summed E-state index contributed by atoms with van der Waals surface area (Å²) in [5.74, 6) is -0.959. The molecule has 0 aliphatic rings. The van der Waals surface area contributed by atoms with Crippen LogP contribution >= 0.6 is 0 Å². The van der Waals surface area contributed by atoms with Crippen molar-refractivity contribution in [1.29, 1.82) is 0 Å². The van der Waals surface area contributed by atoms with Gasteiger partial charge in [-0.05, 0) is 20.3 Å². The third-order valence-corrected chi connectivity index (χ3v) is 4.14. The Balaban J connectivity index is 4.29. The van der Waals surface area contributed by atoms with Crippen LogP contribution in [0.1, 0.15) is 26.7 Å². The Morgan fingerprint density at radius 3 is 2.42 bits per heavy atom. The Morgan fingerprint density at radius 2 is 1.95 bits per heavy atom. The van der Waals surface area contributed by atoms with Gasteiger partial charge >= 0.3 is 5.97 Å². The number of rotatable bonds is 8. The molecule has 0 saturated carbocycles. The van der Waals surface area contributed by atoms with Crippen molar-refractivity contribution in [2.24, 2.45) is 0 Å². The Kier molecular flexibility index (Phi) is 7.62. The van der Waals surface area contributed by atoms with Crippen LogP contribution in [0.15, 0.2) is 0 Å². The van der Waals surface area contributed by atoms with Gasteiger partial charge < -0.3 is 9.64 Å². The second kappa shape index (κ2) is 8.11. The van der Waals surface area contributed by atoms with Crippen LogP contribution in [0.4, 0.5) is 0 Å². The monoisotopic (exact) mass is 294 g/mol. The van der Waals surface area contributed by atoms with Crippen LogP contribution in [0.2, 0.25) is 0 Å². The molecule has 112 valence electrons. The summed E-state index contributed by atoms with van der Waals surface area (Å²) in [6.07, 6.45) is 0.196. The maximum atomic E-state index is 11.7. The second-order valence-corrected chi connectivity index (χ2v) is 6.06. The maximum Gasteiger partial charge on any atom is 0.305 e. The molecule has 0 bridgehead atoms. The van der Waals surface area contributed by atoms with Crippen LogP contribution in [0.3, 0.4) is 0 Å². The van der Waals surface area contributed by atoms with Crippen LogP contribution in [0.5, 0.6) is 0 Å². The molecule has 0 rings (SSSR count). The number of esters is 1. The maximum absolute atomic E-state index is 11.7. The molecular formula is C11H22N2O5S. The Labute approximate surface area is 114 Å². The minimum Gasteiger partial charge on any atom is -0.469 e. The first-order chi connectivity index (χ1) is 8.73. The molecule has 0 aliphatic carbocycles. The van der Waals surface area contributed by atoms with Gasteiger partial charge in [-0.25, -0.2) is 13.1 Å². The van der Waals surface area contributed by atoms with Gasteiger partial charge in [-0.3, -0.25) is 9.59 Å². The molecule has 7 nitrogen and oxygen atoms in total. The predicted molar refractivity (Wildman–Crippen MR) is 70.9 cm³/mol. The van der Waals surface area contributed by atoms with Gasteiger partial charge in [-0.15, -0.1) is 0 Å². The van der Waals surface area contributed by atoms with E-state index < -0.39 is 22.0 Å². The summed E-state index contributed by atoms with van der Waals surface area (Å²) in [6, 6.07) is -0.812. The molecule has 1 N–H and O–H groups in total. The number of hydrogen-bond donors (Lipinski definition) is 1. The number of likely N-dealkylation sites (N-methyl/N-ethyl adjacent to an activating group) is 1. The number of methoxy groups -OCH3 is 1. The largest absolute Gasteiger partial charge is 0.469 e. The van der Waals surface area contributed by atoms with E-state index in [-0.39, 0.29) is 24.5 Å². The van der Waals surface area contributed by atoms with E-state index >= 15 is 0 Å². The summed E-state index contributed by atoms with van der Waals surface area (Å²) in [4.78, 5) is 24.0. The average Bonchev–Trinajstić information content (AvgIpc) is 2.35. The molecule has 0 fully saturated rings. The highest BCUT2D eigenvalue weighted by molar-refractivity contribution is 7.89. The molecule has 0 heterocycles. The number of carbonyl (C=O) groups excluding carboxylic acids is 2. The number of nitrogens with one attached hydrogen (secondary N) is 1. The van der Waals surface area contributed by atoms with Crippen molar-refractivity contribution in [3.05, 3.63) is 0 Å². The van der Waals surface area contributed by atoms with Gasteiger partial charge in [0.1, 0.15) is 0 Å². The SMILES string of the molecule is CCN(C)C(=O)C(C)NS(=O)(=O)CCCC(=O)OC. The first-order valence-electron chi connectivity index (χ1n) is 6.05. The van der Waals surface area contributed by atoms with Crippen LogP contribution in [-0.2, 0) is 24.3 Å². The van der Waals surface area contributed by atoms with E-state index in [1.807, 2.05) is 0 Å². The lowest BCUT2D eigenvalue weighted by Gasteiger charge is -2.20. The average molecular weight is 294 g/mol. The molecule has 0 saturated heterocycles. The van der Waals surface area contributed by atoms with Gasteiger partial charge in [0, 0.05) is 20.0 Å². The smallest absolute Gasteiger partial charge is 0.305 e. The van der Waals surface area contributed by atoms with E-state index in [1.165, 1.54) is 18.9 Å². The molecule has 0 radical (unpaired) electrons. The fourth-order valence-corrected chi connectivity index (χ4v) is 2.66. The van der Waals surface area contributed by atoms with E-state index in [1.54, 1.807) is 14.0 Å². The minimum absolute atomic E-state index is 0.0363. The van der Waals surface area contributed by atoms with Crippen molar-refractivity contribution in [3.8, 4) is 0 Å². The normalized spacial score (nSPS) is 12.8. The molecule has 1 unspecified atom stereocenters. The summed E-state index contributed by atoms with van der Waals surface area (Å²) in [7, 11) is -0.729. The van der Waals surface area contributed by atoms with Gasteiger partial charge in [0.25, 0.3) is 0 Å². The number of ether oxygens (including phenoxy) is 1. The molecular weight excluding hydrogens is 272 g/mol. The summed E-state index contributed by atoms with van der Waals surface area (Å²) >= 11 is 0. The Bertz CT molecular complexity index is 407. The van der Waals surface area contributed by atoms with Crippen molar-refractivity contribution in [1.82, 2.24) is 9.62 Å². The molecule has 0 spiro atoms. The topological polar surface area (TPSA) is 92.8 Å². The highest BCUT2D eigenvalue weighted by atomic mass is 32.2. The van der Waals surface area contributed by atoms with E-state index in [0.29, 0.717) is 6.54 Å². The quantitative estimate of drug-likeness (QED) is 0.622. The number of carbonyl (C=O) groups is 2. The summed E-state index contributed by atoms with van der Waals surface area (Å²) < 4.78 is 30.1. The number of amides is 1. The standard InChI is InChI=1S/C11H22N2O5S/c1-5-13(3)11(15)9(2)12-19(16,17)8-6-7-10(14)18-4/h9,12H,5-8H2,1-4H3. The lowest BCUT2D eigenvalue weighted by atomic mass is 10.3. The van der Waals surface area contributed by atoms with E-state index in [4.69, 9.17) is 0 Å². The third kappa shape index (κ3) is 7.12. The van der Waals surface area contributed by atoms with Gasteiger partial charge in [0.05, 0.1) is 18.9 Å². The van der Waals surface area contributed by atoms with Crippen LogP contribution < -0.4 is 4.72 Å². The first-order valence-corrected chi connectivity index (χ1v) is 7.70. The molecule has 0 aromatic carbocycles. The molecule has 1 atom stereocenters. The molecule has 0 aliphatic heterocycles. The molecule has 1 amide bonds. The lowest BCUT2D eigenvalue weighted by molar-refractivity contribution is -0.140. The third-order valence-electron chi connectivity index (χ3n) is 2.60. The zero-order chi connectivity index (χ0) is 15.1. The zero-order valence-corrected chi connectivity index (χ0v) is 12.6. The molecule has 19 heavy (non-hydrogen) atoms. The van der Waals surface area contributed by atoms with Crippen LogP contribution in [0, 0.1) is 0 Å². The Hall–Kier alpha value is -1.15. The lowest BCUT2D eigenvalue weighted by Crippen LogP contribution is -2.46. The summed E-state index contributed by atoms with van der Waals surface area (Å²) in [5.41, 5.74) is 0. The van der Waals surface area contributed by atoms with Gasteiger partial charge in [-0.2, -0.15) is 0 Å². The number of sulfonamides is 1. The van der Waals surface area contributed by atoms with E-state index in [0.717, 1.165) is 0 Å². The Morgan fingerprint density at radius 1 is 1.37 bits per heavy atom. The predicted octanol–water partition coefficient (Wildman–Crippen LogP) is -0.274. The molecule has 8 heteroatoms. The minimum atomic E-state index is -3.58. The zero-order valence-electron chi connectivity index (χ0n) is 11.8. The van der Waals surface area contributed by atoms with Crippen molar-refractivity contribution >= 4 is 21.9 Å². The van der Waals surface area contributed by atoms with Crippen molar-refractivity contribution in [2.45, 2.75) is 32.7 Å². The van der Waals surface area contributed by atoms with Crippen molar-refractivity contribution < 1.29 is 22.7 Å². The number of hydrogen-bond acceptors (Lipinski definition) is 5. The summed E-state index contributed by atoms with van der Waals surface area (Å²) in [5, 5.41) is 0. The summed E-state index contributed by atoms with van der Waals surface area (Å²) in [6.45, 7) is 3.80. The molecule has 0 aromatic rings. The van der Waals surface area contributed by atoms with Crippen LogP contribution in [-0.4, -0.2) is 57.7 Å². The molecule has 0 aromatic heterocycles. The highest BCUT2D eigenvalue weighted by Gasteiger charge is 2.22. The fraction of sp³-hybridized carbons (Fsp3) is 0.818. The van der Waals surface area contributed by atoms with Crippen molar-refractivity contribution in [3.63, 3.8) is 0 Å². The fourth-order valence-electron chi connectivity index (χ4n) is 1.37. The number of nitrogens with zero attached hydrogens (tertiary/aromatic N) is 1. The van der Waals surface area contributed by atoms with Gasteiger partial charge in [0.15, 0.2) is 0 Å². The van der Waals surface area contributed by atoms with Gasteiger partial charge in [0.2, 0.25) is 15.9 Å². The van der Waals surface area contributed by atoms with Crippen LogP contribution in [0.25, 0.3) is 0 Å². The first kappa shape index (κ1) is 17.8. The van der Waals surface area contributed by atoms with E-state index in [9.17, 15) is 18.0 Å². The second-order valence-electron chi connectivity index (χ2n) is 4.19.